The lowest BCUT2D eigenvalue weighted by Gasteiger charge is -2.55. The van der Waals surface area contributed by atoms with Gasteiger partial charge in [-0.15, -0.1) is 0 Å². The third kappa shape index (κ3) is 2.62. The molecule has 4 heteroatoms. The van der Waals surface area contributed by atoms with Crippen molar-refractivity contribution in [2.24, 2.45) is 22.4 Å². The lowest BCUT2D eigenvalue weighted by atomic mass is 9.49. The highest BCUT2D eigenvalue weighted by Gasteiger charge is 2.50. The minimum absolute atomic E-state index is 0.218. The fourth-order valence-corrected chi connectivity index (χ4v) is 3.50. The van der Waals surface area contributed by atoms with E-state index in [0.717, 1.165) is 12.3 Å². The molecule has 21 heavy (non-hydrogen) atoms. The third-order valence-corrected chi connectivity index (χ3v) is 5.25. The van der Waals surface area contributed by atoms with Crippen LogP contribution in [0.5, 0.6) is 0 Å². The van der Waals surface area contributed by atoms with Gasteiger partial charge in [-0.25, -0.2) is 5.43 Å². The molecule has 1 aromatic carbocycles. The molecule has 0 spiro atoms. The number of fused-ring (bicyclic) bond motifs is 1. The van der Waals surface area contributed by atoms with Crippen LogP contribution in [0.1, 0.15) is 37.0 Å². The van der Waals surface area contributed by atoms with Crippen LogP contribution in [-0.2, 0) is 0 Å². The van der Waals surface area contributed by atoms with Gasteiger partial charge in [-0.1, -0.05) is 31.5 Å². The second-order valence-electron chi connectivity index (χ2n) is 6.45. The van der Waals surface area contributed by atoms with Gasteiger partial charge in [0.1, 0.15) is 0 Å². The average Bonchev–Trinajstić information content (AvgIpc) is 2.47. The maximum atomic E-state index is 11.9. The number of carbonyl (C=O) groups is 1. The Labute approximate surface area is 130 Å². The standard InChI is InChI=1S/C17H19ClN2O/c1-17(2)13-6-3-12(15(17)9-13)10-19-20-16(21)11-4-7-14(18)8-5-11/h3-5,7-8,10,13,15H,6,9H2,1-2H3,(H,20,21)/t13-,15+/m0/s1. The molecule has 0 unspecified atom stereocenters. The Morgan fingerprint density at radius 1 is 1.38 bits per heavy atom. The maximum Gasteiger partial charge on any atom is 0.271 e. The minimum Gasteiger partial charge on any atom is -0.267 e. The molecular formula is C17H19ClN2O. The van der Waals surface area contributed by atoms with Crippen LogP contribution in [0.15, 0.2) is 41.0 Å². The van der Waals surface area contributed by atoms with Crippen LogP contribution in [0.4, 0.5) is 0 Å². The molecule has 4 rings (SSSR count). The van der Waals surface area contributed by atoms with Crippen LogP contribution < -0.4 is 5.43 Å². The number of nitrogens with one attached hydrogen (secondary N) is 1. The molecule has 0 radical (unpaired) electrons. The van der Waals surface area contributed by atoms with E-state index in [1.165, 1.54) is 12.0 Å². The molecule has 1 N–H and O–H groups in total. The summed E-state index contributed by atoms with van der Waals surface area (Å²) in [6.45, 7) is 4.64. The van der Waals surface area contributed by atoms with Crippen LogP contribution in [0.25, 0.3) is 0 Å². The highest BCUT2D eigenvalue weighted by Crippen LogP contribution is 2.58. The zero-order valence-electron chi connectivity index (χ0n) is 12.3. The van der Waals surface area contributed by atoms with E-state index in [0.29, 0.717) is 21.9 Å². The quantitative estimate of drug-likeness (QED) is 0.664. The van der Waals surface area contributed by atoms with Gasteiger partial charge in [0.15, 0.2) is 0 Å². The van der Waals surface area contributed by atoms with E-state index in [9.17, 15) is 4.79 Å². The Hall–Kier alpha value is -1.61. The van der Waals surface area contributed by atoms with Gasteiger partial charge in [-0.3, -0.25) is 4.79 Å². The highest BCUT2D eigenvalue weighted by atomic mass is 35.5. The predicted octanol–water partition coefficient (Wildman–Crippen LogP) is 4.05. The molecule has 0 aliphatic heterocycles. The number of benzene rings is 1. The van der Waals surface area contributed by atoms with E-state index in [2.05, 4.69) is 30.5 Å². The van der Waals surface area contributed by atoms with Crippen molar-refractivity contribution in [3.8, 4) is 0 Å². The number of nitrogens with zero attached hydrogens (tertiary/aromatic N) is 1. The zero-order valence-corrected chi connectivity index (χ0v) is 13.0. The SMILES string of the molecule is CC1(C)[C@H]2CC=C(C=NNC(=O)c3ccc(Cl)cc3)[C@H]1C2. The van der Waals surface area contributed by atoms with Gasteiger partial charge in [0, 0.05) is 10.6 Å². The number of carbonyl (C=O) groups excluding carboxylic acids is 1. The largest absolute Gasteiger partial charge is 0.271 e. The van der Waals surface area contributed by atoms with Gasteiger partial charge in [0.25, 0.3) is 5.91 Å². The summed E-state index contributed by atoms with van der Waals surface area (Å²) >= 11 is 5.80. The lowest BCUT2D eigenvalue weighted by Crippen LogP contribution is -2.48. The molecule has 3 aliphatic rings. The molecule has 1 aromatic rings. The first kappa shape index (κ1) is 14.3. The van der Waals surface area contributed by atoms with Gasteiger partial charge in [-0.05, 0) is 59.9 Å². The molecule has 2 bridgehead atoms. The van der Waals surface area contributed by atoms with Crippen LogP contribution in [0.2, 0.25) is 5.02 Å². The molecule has 1 saturated carbocycles. The Balaban J connectivity index is 1.61. The van der Waals surface area contributed by atoms with Crippen LogP contribution in [-0.4, -0.2) is 12.1 Å². The first-order chi connectivity index (χ1) is 9.98. The van der Waals surface area contributed by atoms with Crippen molar-refractivity contribution < 1.29 is 4.79 Å². The van der Waals surface area contributed by atoms with E-state index < -0.39 is 0 Å². The van der Waals surface area contributed by atoms with Crippen molar-refractivity contribution in [3.05, 3.63) is 46.5 Å². The smallest absolute Gasteiger partial charge is 0.267 e. The number of allylic oxidation sites excluding steroid dienone is 2. The van der Waals surface area contributed by atoms with Gasteiger partial charge >= 0.3 is 0 Å². The van der Waals surface area contributed by atoms with Crippen LogP contribution >= 0.6 is 11.6 Å². The van der Waals surface area contributed by atoms with Crippen molar-refractivity contribution >= 4 is 23.7 Å². The third-order valence-electron chi connectivity index (χ3n) is 5.00. The molecule has 0 aromatic heterocycles. The summed E-state index contributed by atoms with van der Waals surface area (Å²) in [7, 11) is 0. The van der Waals surface area contributed by atoms with Crippen molar-refractivity contribution in [3.63, 3.8) is 0 Å². The Kier molecular flexibility index (Phi) is 3.62. The van der Waals surface area contributed by atoms with Gasteiger partial charge < -0.3 is 0 Å². The fourth-order valence-electron chi connectivity index (χ4n) is 3.38. The molecule has 110 valence electrons. The number of halogens is 1. The molecule has 3 aliphatic carbocycles. The second kappa shape index (κ2) is 5.30. The lowest BCUT2D eigenvalue weighted by molar-refractivity contribution is -0.00126. The summed E-state index contributed by atoms with van der Waals surface area (Å²) in [4.78, 5) is 11.9. The summed E-state index contributed by atoms with van der Waals surface area (Å²) in [5.74, 6) is 1.17. The maximum absolute atomic E-state index is 11.9. The average molecular weight is 303 g/mol. The van der Waals surface area contributed by atoms with E-state index in [1.54, 1.807) is 30.5 Å². The summed E-state index contributed by atoms with van der Waals surface area (Å²) in [5, 5.41) is 4.72. The monoisotopic (exact) mass is 302 g/mol. The summed E-state index contributed by atoms with van der Waals surface area (Å²) < 4.78 is 0. The Morgan fingerprint density at radius 3 is 2.71 bits per heavy atom. The van der Waals surface area contributed by atoms with E-state index in [4.69, 9.17) is 11.6 Å². The predicted molar refractivity (Wildman–Crippen MR) is 85.5 cm³/mol. The van der Waals surface area contributed by atoms with Crippen molar-refractivity contribution in [2.45, 2.75) is 26.7 Å². The minimum atomic E-state index is -0.218. The van der Waals surface area contributed by atoms with Crippen LogP contribution in [0.3, 0.4) is 0 Å². The van der Waals surface area contributed by atoms with Gasteiger partial charge in [0.2, 0.25) is 0 Å². The number of amides is 1. The normalized spacial score (nSPS) is 26.1. The zero-order chi connectivity index (χ0) is 15.0. The number of hydrogen-bond acceptors (Lipinski definition) is 2. The molecular weight excluding hydrogens is 284 g/mol. The Morgan fingerprint density at radius 2 is 2.10 bits per heavy atom. The molecule has 1 fully saturated rings. The first-order valence-corrected chi connectivity index (χ1v) is 7.65. The van der Waals surface area contributed by atoms with Crippen molar-refractivity contribution in [2.75, 3.05) is 0 Å². The van der Waals surface area contributed by atoms with Gasteiger partial charge in [-0.2, -0.15) is 5.10 Å². The molecule has 0 saturated heterocycles. The second-order valence-corrected chi connectivity index (χ2v) is 6.89. The molecule has 2 atom stereocenters. The molecule has 0 heterocycles. The van der Waals surface area contributed by atoms with E-state index in [1.807, 2.05) is 0 Å². The molecule has 3 nitrogen and oxygen atoms in total. The highest BCUT2D eigenvalue weighted by molar-refractivity contribution is 6.30. The summed E-state index contributed by atoms with van der Waals surface area (Å²) in [6.07, 6.45) is 6.42. The number of hydrazone groups is 1. The molecule has 1 amide bonds. The van der Waals surface area contributed by atoms with Gasteiger partial charge in [0.05, 0.1) is 6.21 Å². The number of rotatable bonds is 3. The first-order valence-electron chi connectivity index (χ1n) is 7.27. The van der Waals surface area contributed by atoms with E-state index >= 15 is 0 Å². The van der Waals surface area contributed by atoms with E-state index in [-0.39, 0.29) is 5.91 Å². The van der Waals surface area contributed by atoms with Crippen LogP contribution in [0, 0.1) is 17.3 Å². The summed E-state index contributed by atoms with van der Waals surface area (Å²) in [6, 6.07) is 6.77. The van der Waals surface area contributed by atoms with Crippen molar-refractivity contribution in [1.29, 1.82) is 0 Å². The van der Waals surface area contributed by atoms with Crippen molar-refractivity contribution in [1.82, 2.24) is 5.43 Å². The summed E-state index contributed by atoms with van der Waals surface area (Å²) in [5.41, 5.74) is 4.75. The fraction of sp³-hybridized carbons (Fsp3) is 0.412. The number of hydrogen-bond donors (Lipinski definition) is 1. The Bertz CT molecular complexity index is 616. The topological polar surface area (TPSA) is 41.5 Å².